The van der Waals surface area contributed by atoms with Gasteiger partial charge < -0.3 is 64.1 Å². The van der Waals surface area contributed by atoms with Gasteiger partial charge in [-0.15, -0.1) is 0 Å². The molecule has 6 rings (SSSR count). The maximum atomic E-state index is 15.3. The van der Waals surface area contributed by atoms with Crippen LogP contribution in [0.3, 0.4) is 0 Å². The summed E-state index contributed by atoms with van der Waals surface area (Å²) in [6.07, 6.45) is 3.60. The van der Waals surface area contributed by atoms with E-state index in [-0.39, 0.29) is 76.8 Å². The molecule has 1 spiro atoms. The molecule has 14 N–H and O–H groups in total. The number of nitrogens with one attached hydrogen (secondary N) is 8. The Bertz CT molecular complexity index is 2690. The standard InChI is InChI=1S/C54H72N12O9/c1-3-5-23-45(67)61-43-30-46(68)58-26-12-11-20-39(47(55)69)62-50(72)42(29-35-32-60-38-19-10-9-18-36(35)38)64-48(70)40(21-14-27-59-53(56)57)63-49(71)41(28-33-15-7-6-8-16-33)65-52(74)54(66-51(43)73)25-24-37-34(31-54)17-13-22-44(37)75-4-2/h6-10,13,15-19,22,32,39-43,60H,3-5,11-12,14,20-21,23-31H2,1-2H3,(H2,55,69)(H,58,68)(H,61,67)(H,62,72)(H,63,71)(H,64,70)(H,65,74)(H,66,73)(H4,56,57,59)/t39-,40+,41-,42-,43+,54?/m0/s1. The maximum Gasteiger partial charge on any atom is 0.246 e. The minimum atomic E-state index is -1.74. The second-order valence-electron chi connectivity index (χ2n) is 19.2. The number of hydrogen-bond acceptors (Lipinski definition) is 10. The molecule has 1 aliphatic heterocycles. The van der Waals surface area contributed by atoms with Crippen LogP contribution in [0.2, 0.25) is 0 Å². The molecule has 402 valence electrons. The third-order valence-electron chi connectivity index (χ3n) is 13.5. The van der Waals surface area contributed by atoms with Gasteiger partial charge in [-0.3, -0.25) is 43.3 Å². The zero-order chi connectivity index (χ0) is 53.9. The molecule has 21 heteroatoms. The highest BCUT2D eigenvalue weighted by Crippen LogP contribution is 2.35. The number of primary amides is 1. The zero-order valence-electron chi connectivity index (χ0n) is 42.8. The molecular weight excluding hydrogens is 961 g/mol. The number of unbranched alkanes of at least 4 members (excludes halogenated alkanes) is 1. The molecule has 4 aromatic rings. The first-order chi connectivity index (χ1) is 36.1. The fourth-order valence-corrected chi connectivity index (χ4v) is 9.52. The molecule has 21 nitrogen and oxygen atoms in total. The number of aliphatic imine (C=N–C) groups is 1. The number of ether oxygens (including phenoxy) is 1. The van der Waals surface area contributed by atoms with Crippen molar-refractivity contribution in [3.63, 3.8) is 0 Å². The van der Waals surface area contributed by atoms with E-state index in [1.165, 1.54) is 0 Å². The Morgan fingerprint density at radius 1 is 0.787 bits per heavy atom. The van der Waals surface area contributed by atoms with Crippen molar-refractivity contribution in [2.75, 3.05) is 19.7 Å². The molecule has 1 aliphatic carbocycles. The summed E-state index contributed by atoms with van der Waals surface area (Å²) >= 11 is 0. The Kier molecular flexibility index (Phi) is 20.5. The average Bonchev–Trinajstić information content (AvgIpc) is 3.80. The van der Waals surface area contributed by atoms with E-state index in [0.717, 1.165) is 16.5 Å². The second-order valence-corrected chi connectivity index (χ2v) is 19.2. The van der Waals surface area contributed by atoms with Gasteiger partial charge in [0.1, 0.15) is 41.5 Å². The number of para-hydroxylation sites is 1. The number of aromatic nitrogens is 1. The lowest BCUT2D eigenvalue weighted by Crippen LogP contribution is -2.67. The number of hydrogen-bond donors (Lipinski definition) is 11. The summed E-state index contributed by atoms with van der Waals surface area (Å²) in [5, 5.41) is 20.6. The van der Waals surface area contributed by atoms with Crippen molar-refractivity contribution in [1.29, 1.82) is 0 Å². The number of carbonyl (C=O) groups is 8. The van der Waals surface area contributed by atoms with E-state index in [1.807, 2.05) is 50.2 Å². The molecule has 2 aliphatic rings. The van der Waals surface area contributed by atoms with Gasteiger partial charge in [-0.1, -0.05) is 74.0 Å². The van der Waals surface area contributed by atoms with Gasteiger partial charge in [0.15, 0.2) is 5.96 Å². The third-order valence-corrected chi connectivity index (χ3v) is 13.5. The Morgan fingerprint density at radius 2 is 1.51 bits per heavy atom. The Balaban J connectivity index is 1.42. The predicted molar refractivity (Wildman–Crippen MR) is 282 cm³/mol. The first-order valence-corrected chi connectivity index (χ1v) is 25.9. The fourth-order valence-electron chi connectivity index (χ4n) is 9.52. The summed E-state index contributed by atoms with van der Waals surface area (Å²) in [5.41, 5.74) is 19.0. The van der Waals surface area contributed by atoms with E-state index in [4.69, 9.17) is 21.9 Å². The van der Waals surface area contributed by atoms with E-state index in [0.29, 0.717) is 54.7 Å². The third kappa shape index (κ3) is 16.0. The minimum absolute atomic E-state index is 0.0250. The maximum absolute atomic E-state index is 15.3. The van der Waals surface area contributed by atoms with Crippen molar-refractivity contribution in [2.24, 2.45) is 22.2 Å². The molecule has 1 saturated heterocycles. The van der Waals surface area contributed by atoms with E-state index in [1.54, 1.807) is 42.6 Å². The highest BCUT2D eigenvalue weighted by Gasteiger charge is 2.46. The molecular formula is C54H72N12O9. The summed E-state index contributed by atoms with van der Waals surface area (Å²) < 4.78 is 5.95. The van der Waals surface area contributed by atoms with Crippen LogP contribution in [0.1, 0.15) is 100 Å². The number of H-pyrrole nitrogens is 1. The largest absolute Gasteiger partial charge is 0.494 e. The zero-order valence-corrected chi connectivity index (χ0v) is 42.8. The molecule has 1 unspecified atom stereocenters. The van der Waals surface area contributed by atoms with Gasteiger partial charge in [0.25, 0.3) is 0 Å². The van der Waals surface area contributed by atoms with Crippen LogP contribution in [0, 0.1) is 0 Å². The molecule has 2 heterocycles. The Labute approximate surface area is 436 Å². The van der Waals surface area contributed by atoms with Crippen molar-refractivity contribution >= 4 is 64.1 Å². The van der Waals surface area contributed by atoms with Crippen LogP contribution < -0.4 is 59.2 Å². The van der Waals surface area contributed by atoms with Crippen molar-refractivity contribution in [1.82, 2.24) is 42.2 Å². The van der Waals surface area contributed by atoms with Gasteiger partial charge in [-0.05, 0) is 92.7 Å². The van der Waals surface area contributed by atoms with Crippen molar-refractivity contribution in [2.45, 2.75) is 139 Å². The summed E-state index contributed by atoms with van der Waals surface area (Å²) in [4.78, 5) is 121. The van der Waals surface area contributed by atoms with E-state index >= 15 is 4.79 Å². The Hall–Kier alpha value is -7.97. The average molecular weight is 1030 g/mol. The van der Waals surface area contributed by atoms with Crippen molar-refractivity contribution in [3.05, 3.63) is 101 Å². The molecule has 8 amide bonds. The molecule has 1 fully saturated rings. The molecule has 0 bridgehead atoms. The minimum Gasteiger partial charge on any atom is -0.494 e. The van der Waals surface area contributed by atoms with E-state index < -0.39 is 89.4 Å². The first kappa shape index (κ1) is 56.3. The number of nitrogens with zero attached hydrogens (tertiary/aromatic N) is 1. The number of aromatic amines is 1. The van der Waals surface area contributed by atoms with Gasteiger partial charge >= 0.3 is 0 Å². The number of amides is 8. The quantitative estimate of drug-likeness (QED) is 0.0457. The second kappa shape index (κ2) is 27.4. The molecule has 3 aromatic carbocycles. The molecule has 1 aromatic heterocycles. The summed E-state index contributed by atoms with van der Waals surface area (Å²) in [7, 11) is 0. The predicted octanol–water partition coefficient (Wildman–Crippen LogP) is 1.24. The highest BCUT2D eigenvalue weighted by molar-refractivity contribution is 6.00. The van der Waals surface area contributed by atoms with Gasteiger partial charge in [-0.25, -0.2) is 0 Å². The summed E-state index contributed by atoms with van der Waals surface area (Å²) in [6.45, 7) is 4.35. The lowest BCUT2D eigenvalue weighted by molar-refractivity contribution is -0.139. The fraction of sp³-hybridized carbons (Fsp3) is 0.463. The van der Waals surface area contributed by atoms with Gasteiger partial charge in [0, 0.05) is 55.9 Å². The molecule has 75 heavy (non-hydrogen) atoms. The van der Waals surface area contributed by atoms with Crippen LogP contribution >= 0.6 is 0 Å². The normalized spacial score (nSPS) is 22.5. The molecule has 0 saturated carbocycles. The van der Waals surface area contributed by atoms with Crippen LogP contribution in [0.4, 0.5) is 0 Å². The number of fused-ring (bicyclic) bond motifs is 2. The lowest BCUT2D eigenvalue weighted by atomic mass is 9.76. The number of guanidine groups is 1. The van der Waals surface area contributed by atoms with Gasteiger partial charge in [0.2, 0.25) is 47.3 Å². The summed E-state index contributed by atoms with van der Waals surface area (Å²) in [6, 6.07) is 15.2. The van der Waals surface area contributed by atoms with Gasteiger partial charge in [0.05, 0.1) is 13.0 Å². The van der Waals surface area contributed by atoms with Crippen LogP contribution in [-0.4, -0.2) is 114 Å². The first-order valence-electron chi connectivity index (χ1n) is 25.9. The lowest BCUT2D eigenvalue weighted by Gasteiger charge is -2.40. The van der Waals surface area contributed by atoms with Crippen LogP contribution in [0.5, 0.6) is 5.75 Å². The highest BCUT2D eigenvalue weighted by atomic mass is 16.5. The number of benzene rings is 3. The number of nitrogens with two attached hydrogens (primary N) is 3. The smallest absolute Gasteiger partial charge is 0.246 e. The van der Waals surface area contributed by atoms with Crippen molar-refractivity contribution in [3.8, 4) is 5.75 Å². The van der Waals surface area contributed by atoms with Crippen LogP contribution in [0.15, 0.2) is 84.0 Å². The Morgan fingerprint density at radius 3 is 2.25 bits per heavy atom. The molecule has 6 atom stereocenters. The van der Waals surface area contributed by atoms with Gasteiger partial charge in [-0.2, -0.15) is 0 Å². The number of carbonyl (C=O) groups excluding carboxylic acids is 8. The number of rotatable bonds is 15. The topological polar surface area (TPSA) is 336 Å². The van der Waals surface area contributed by atoms with Crippen molar-refractivity contribution < 1.29 is 43.1 Å². The molecule has 0 radical (unpaired) electrons. The van der Waals surface area contributed by atoms with Crippen LogP contribution in [0.25, 0.3) is 10.9 Å². The summed E-state index contributed by atoms with van der Waals surface area (Å²) in [5.74, 6) is -5.19. The van der Waals surface area contributed by atoms with E-state index in [2.05, 4.69) is 47.2 Å². The monoisotopic (exact) mass is 1030 g/mol. The SMILES string of the molecule is CCCCC(=O)N[C@@H]1CC(=O)NCCCC[C@@H](C(N)=O)NC(=O)[C@H](Cc2c[nH]c3ccccc23)NC(=O)[C@@H](CCCN=C(N)N)NC(=O)[C@H](Cc2ccccc2)NC(=O)C2(CCc3c(cccc3OCC)C2)NC1=O. The van der Waals surface area contributed by atoms with Crippen LogP contribution in [-0.2, 0) is 64.0 Å². The van der Waals surface area contributed by atoms with E-state index in [9.17, 15) is 33.6 Å².